The van der Waals surface area contributed by atoms with Crippen LogP contribution in [0, 0.1) is 5.92 Å². The van der Waals surface area contributed by atoms with E-state index >= 15 is 0 Å². The average Bonchev–Trinajstić information content (AvgIpc) is 2.38. The Balaban J connectivity index is 1.90. The maximum absolute atomic E-state index is 11.0. The minimum atomic E-state index is -0.616. The van der Waals surface area contributed by atoms with Crippen LogP contribution in [0.1, 0.15) is 19.3 Å². The first-order valence-electron chi connectivity index (χ1n) is 5.82. The number of likely N-dealkylation sites (N-methyl/N-ethyl adjacent to an activating group) is 1. The zero-order chi connectivity index (χ0) is 10.8. The van der Waals surface area contributed by atoms with Gasteiger partial charge in [-0.15, -0.1) is 0 Å². The van der Waals surface area contributed by atoms with E-state index < -0.39 is 5.97 Å². The predicted molar refractivity (Wildman–Crippen MR) is 57.8 cm³/mol. The van der Waals surface area contributed by atoms with Crippen LogP contribution >= 0.6 is 0 Å². The van der Waals surface area contributed by atoms with Crippen molar-refractivity contribution in [2.75, 3.05) is 33.2 Å². The molecule has 2 fully saturated rings. The second kappa shape index (κ2) is 4.49. The van der Waals surface area contributed by atoms with E-state index in [2.05, 4.69) is 16.8 Å². The van der Waals surface area contributed by atoms with Gasteiger partial charge in [-0.25, -0.2) is 0 Å². The van der Waals surface area contributed by atoms with Gasteiger partial charge < -0.3 is 10.0 Å². The highest BCUT2D eigenvalue weighted by Gasteiger charge is 2.33. The van der Waals surface area contributed by atoms with Crippen LogP contribution in [0.4, 0.5) is 0 Å². The Morgan fingerprint density at radius 2 is 2.00 bits per heavy atom. The molecule has 1 atom stereocenters. The molecule has 0 aromatic carbocycles. The molecular formula is C11H20N2O2. The summed E-state index contributed by atoms with van der Waals surface area (Å²) in [6.07, 6.45) is 3.08. The Hall–Kier alpha value is -0.610. The summed E-state index contributed by atoms with van der Waals surface area (Å²) in [6.45, 7) is 4.05. The quantitative estimate of drug-likeness (QED) is 0.723. The van der Waals surface area contributed by atoms with Crippen molar-refractivity contribution < 1.29 is 9.90 Å². The highest BCUT2D eigenvalue weighted by Crippen LogP contribution is 2.21. The Labute approximate surface area is 90.9 Å². The van der Waals surface area contributed by atoms with Gasteiger partial charge in [-0.2, -0.15) is 0 Å². The van der Waals surface area contributed by atoms with Crippen molar-refractivity contribution in [2.24, 2.45) is 5.92 Å². The second-order valence-corrected chi connectivity index (χ2v) is 4.90. The average molecular weight is 212 g/mol. The number of carboxylic acids is 1. The number of hydrogen-bond donors (Lipinski definition) is 1. The van der Waals surface area contributed by atoms with Crippen molar-refractivity contribution in [1.29, 1.82) is 0 Å². The van der Waals surface area contributed by atoms with Crippen LogP contribution in [0.25, 0.3) is 0 Å². The molecule has 0 bridgehead atoms. The number of aliphatic carboxylic acids is 1. The highest BCUT2D eigenvalue weighted by atomic mass is 16.4. The van der Waals surface area contributed by atoms with Gasteiger partial charge in [0.25, 0.3) is 0 Å². The van der Waals surface area contributed by atoms with E-state index in [9.17, 15) is 4.79 Å². The van der Waals surface area contributed by atoms with E-state index in [0.717, 1.165) is 45.4 Å². The standard InChI is InChI=1S/C11H20N2O2/c1-12-7-10(8-12)13-5-3-2-4-9(6-13)11(14)15/h9-10H,2-8H2,1H3,(H,14,15). The molecule has 2 saturated heterocycles. The summed E-state index contributed by atoms with van der Waals surface area (Å²) in [4.78, 5) is 15.7. The molecule has 2 aliphatic rings. The summed E-state index contributed by atoms with van der Waals surface area (Å²) < 4.78 is 0. The van der Waals surface area contributed by atoms with Gasteiger partial charge in [0.05, 0.1) is 5.92 Å². The van der Waals surface area contributed by atoms with E-state index in [1.54, 1.807) is 0 Å². The Kier molecular flexibility index (Phi) is 3.26. The van der Waals surface area contributed by atoms with Gasteiger partial charge in [0.15, 0.2) is 0 Å². The number of hydrogen-bond acceptors (Lipinski definition) is 3. The first kappa shape index (κ1) is 10.9. The van der Waals surface area contributed by atoms with Crippen molar-refractivity contribution in [3.63, 3.8) is 0 Å². The van der Waals surface area contributed by atoms with Crippen molar-refractivity contribution in [3.05, 3.63) is 0 Å². The molecule has 15 heavy (non-hydrogen) atoms. The van der Waals surface area contributed by atoms with E-state index in [1.165, 1.54) is 0 Å². The van der Waals surface area contributed by atoms with E-state index in [0.29, 0.717) is 6.04 Å². The maximum atomic E-state index is 11.0. The van der Waals surface area contributed by atoms with Gasteiger partial charge in [-0.1, -0.05) is 6.42 Å². The lowest BCUT2D eigenvalue weighted by Gasteiger charge is -2.43. The molecular weight excluding hydrogens is 192 g/mol. The maximum Gasteiger partial charge on any atom is 0.307 e. The number of rotatable bonds is 2. The normalized spacial score (nSPS) is 30.9. The van der Waals surface area contributed by atoms with Gasteiger partial charge in [-0.3, -0.25) is 9.69 Å². The van der Waals surface area contributed by atoms with Gasteiger partial charge in [0.1, 0.15) is 0 Å². The van der Waals surface area contributed by atoms with Crippen LogP contribution < -0.4 is 0 Å². The second-order valence-electron chi connectivity index (χ2n) is 4.90. The summed E-state index contributed by atoms with van der Waals surface area (Å²) in [6, 6.07) is 0.606. The Morgan fingerprint density at radius 3 is 2.60 bits per heavy atom. The summed E-state index contributed by atoms with van der Waals surface area (Å²) in [5.41, 5.74) is 0. The van der Waals surface area contributed by atoms with E-state index in [4.69, 9.17) is 5.11 Å². The lowest BCUT2D eigenvalue weighted by Crippen LogP contribution is -2.58. The molecule has 0 aromatic rings. The topological polar surface area (TPSA) is 43.8 Å². The van der Waals surface area contributed by atoms with E-state index in [1.807, 2.05) is 0 Å². The van der Waals surface area contributed by atoms with Gasteiger partial charge >= 0.3 is 5.97 Å². The molecule has 4 heteroatoms. The molecule has 0 saturated carbocycles. The number of carbonyl (C=O) groups is 1. The van der Waals surface area contributed by atoms with Crippen LogP contribution in [0.2, 0.25) is 0 Å². The van der Waals surface area contributed by atoms with Gasteiger partial charge in [-0.05, 0) is 26.4 Å². The minimum absolute atomic E-state index is 0.140. The fourth-order valence-electron chi connectivity index (χ4n) is 2.60. The SMILES string of the molecule is CN1CC(N2CCCCC(C(=O)O)C2)C1. The monoisotopic (exact) mass is 212 g/mol. The molecule has 2 rings (SSSR count). The van der Waals surface area contributed by atoms with Crippen molar-refractivity contribution in [2.45, 2.75) is 25.3 Å². The number of likely N-dealkylation sites (tertiary alicyclic amines) is 2. The van der Waals surface area contributed by atoms with Crippen molar-refractivity contribution >= 4 is 5.97 Å². The lowest BCUT2D eigenvalue weighted by molar-refractivity contribution is -0.142. The summed E-state index contributed by atoms with van der Waals surface area (Å²) in [5, 5.41) is 9.07. The minimum Gasteiger partial charge on any atom is -0.481 e. The van der Waals surface area contributed by atoms with Crippen LogP contribution in [-0.2, 0) is 4.79 Å². The fourth-order valence-corrected chi connectivity index (χ4v) is 2.60. The van der Waals surface area contributed by atoms with Crippen LogP contribution in [-0.4, -0.2) is 60.1 Å². The molecule has 0 spiro atoms. The predicted octanol–water partition coefficient (Wildman–Crippen LogP) is 0.487. The molecule has 1 N–H and O–H groups in total. The third kappa shape index (κ3) is 2.49. The molecule has 86 valence electrons. The smallest absolute Gasteiger partial charge is 0.307 e. The molecule has 0 aliphatic carbocycles. The molecule has 0 amide bonds. The summed E-state index contributed by atoms with van der Waals surface area (Å²) >= 11 is 0. The molecule has 2 heterocycles. The molecule has 4 nitrogen and oxygen atoms in total. The largest absolute Gasteiger partial charge is 0.481 e. The van der Waals surface area contributed by atoms with Crippen LogP contribution in [0.15, 0.2) is 0 Å². The molecule has 2 aliphatic heterocycles. The first-order valence-corrected chi connectivity index (χ1v) is 5.82. The lowest BCUT2D eigenvalue weighted by atomic mass is 10.0. The third-order valence-electron chi connectivity index (χ3n) is 3.61. The summed E-state index contributed by atoms with van der Waals surface area (Å²) in [7, 11) is 2.11. The summed E-state index contributed by atoms with van der Waals surface area (Å²) in [5.74, 6) is -0.756. The van der Waals surface area contributed by atoms with Crippen molar-refractivity contribution in [1.82, 2.24) is 9.80 Å². The molecule has 1 unspecified atom stereocenters. The molecule has 0 aromatic heterocycles. The first-order chi connectivity index (χ1) is 7.16. The zero-order valence-electron chi connectivity index (χ0n) is 9.35. The van der Waals surface area contributed by atoms with Gasteiger partial charge in [0, 0.05) is 25.7 Å². The van der Waals surface area contributed by atoms with E-state index in [-0.39, 0.29) is 5.92 Å². The zero-order valence-corrected chi connectivity index (χ0v) is 9.35. The third-order valence-corrected chi connectivity index (χ3v) is 3.61. The molecule has 0 radical (unpaired) electrons. The Morgan fingerprint density at radius 1 is 1.27 bits per heavy atom. The Bertz CT molecular complexity index is 239. The van der Waals surface area contributed by atoms with Crippen molar-refractivity contribution in [3.8, 4) is 0 Å². The number of carboxylic acid groups (broad SMARTS) is 1. The number of nitrogens with zero attached hydrogens (tertiary/aromatic N) is 2. The van der Waals surface area contributed by atoms with Crippen LogP contribution in [0.3, 0.4) is 0 Å². The van der Waals surface area contributed by atoms with Gasteiger partial charge in [0.2, 0.25) is 0 Å². The fraction of sp³-hybridized carbons (Fsp3) is 0.909. The highest BCUT2D eigenvalue weighted by molar-refractivity contribution is 5.70. The van der Waals surface area contributed by atoms with Crippen LogP contribution in [0.5, 0.6) is 0 Å².